The van der Waals surface area contributed by atoms with Crippen LogP contribution in [0.4, 0.5) is 0 Å². The van der Waals surface area contributed by atoms with Crippen molar-refractivity contribution < 1.29 is 0 Å². The number of rotatable bonds is 2. The molecule has 0 atom stereocenters. The van der Waals surface area contributed by atoms with Crippen molar-refractivity contribution in [2.75, 3.05) is 28.2 Å². The van der Waals surface area contributed by atoms with Crippen LogP contribution in [0.5, 0.6) is 0 Å². The summed E-state index contributed by atoms with van der Waals surface area (Å²) in [4.78, 5) is 0. The molecule has 0 saturated carbocycles. The summed E-state index contributed by atoms with van der Waals surface area (Å²) in [6.07, 6.45) is 0. The van der Waals surface area contributed by atoms with Gasteiger partial charge in [0.2, 0.25) is 0 Å². The Labute approximate surface area is 81.9 Å². The fourth-order valence-electron chi connectivity index (χ4n) is 0. The molecule has 0 aliphatic carbocycles. The van der Waals surface area contributed by atoms with Gasteiger partial charge in [0, 0.05) is 0 Å². The maximum atomic E-state index is 2.31. The van der Waals surface area contributed by atoms with Crippen molar-refractivity contribution in [3.05, 3.63) is 0 Å². The fourth-order valence-corrected chi connectivity index (χ4v) is 0. The van der Waals surface area contributed by atoms with Crippen LogP contribution >= 0.6 is 0 Å². The zero-order valence-corrected chi connectivity index (χ0v) is 12.4. The third kappa shape index (κ3) is 13.0. The molecule has 0 saturated heterocycles. The second-order valence-electron chi connectivity index (χ2n) is 4.11. The summed E-state index contributed by atoms with van der Waals surface area (Å²) >= 11 is 0. The van der Waals surface area contributed by atoms with Gasteiger partial charge in [0.25, 0.3) is 0 Å². The van der Waals surface area contributed by atoms with Crippen molar-refractivity contribution in [1.82, 2.24) is 9.13 Å². The predicted octanol–water partition coefficient (Wildman–Crippen LogP) is 1.06. The van der Waals surface area contributed by atoms with Crippen LogP contribution in [-0.4, -0.2) is 55.2 Å². The van der Waals surface area contributed by atoms with Crippen molar-refractivity contribution in [1.29, 1.82) is 0 Å². The zero-order chi connectivity index (χ0) is 10.3. The molecule has 0 bridgehead atoms. The Bertz CT molecular complexity index is 69.1. The molecule has 0 N–H and O–H groups in total. The molecule has 0 spiro atoms. The van der Waals surface area contributed by atoms with Gasteiger partial charge in [-0.15, -0.1) is 0 Å². The monoisotopic (exact) mass is 206 g/mol. The highest BCUT2D eigenvalue weighted by molar-refractivity contribution is 6.52. The Balaban J connectivity index is 0. The topological polar surface area (TPSA) is 6.48 Å². The highest BCUT2D eigenvalue weighted by Crippen LogP contribution is 1.80. The van der Waals surface area contributed by atoms with Gasteiger partial charge in [0.05, 0.1) is 0 Å². The lowest BCUT2D eigenvalue weighted by Gasteiger charge is -2.10. The molecule has 12 heavy (non-hydrogen) atoms. The van der Waals surface area contributed by atoms with Crippen molar-refractivity contribution in [2.45, 2.75) is 26.2 Å². The lowest BCUT2D eigenvalue weighted by atomic mass is 11.3. The Kier molecular flexibility index (Phi) is 9.87. The molecule has 0 aliphatic heterocycles. The first-order chi connectivity index (χ1) is 5.29. The Morgan fingerprint density at radius 2 is 0.667 bits per heavy atom. The third-order valence-electron chi connectivity index (χ3n) is 2.07. The first-order valence-corrected chi connectivity index (χ1v) is 10.3. The van der Waals surface area contributed by atoms with Crippen LogP contribution < -0.4 is 0 Å². The summed E-state index contributed by atoms with van der Waals surface area (Å²) in [6, 6.07) is 0. The molecular weight excluding hydrogens is 180 g/mol. The Hall–Kier alpha value is 0.354. The van der Waals surface area contributed by atoms with Gasteiger partial charge < -0.3 is 9.13 Å². The average molecular weight is 206 g/mol. The average Bonchev–Trinajstić information content (AvgIpc) is 1.88. The fraction of sp³-hybridized carbons (Fsp3) is 1.00. The van der Waals surface area contributed by atoms with Gasteiger partial charge in [-0.3, -0.25) is 0 Å². The van der Waals surface area contributed by atoms with Crippen LogP contribution in [0.1, 0.15) is 0 Å². The normalized spacial score (nSPS) is 11.0. The van der Waals surface area contributed by atoms with Gasteiger partial charge in [-0.05, 0) is 28.2 Å². The summed E-state index contributed by atoms with van der Waals surface area (Å²) in [5.41, 5.74) is 0. The van der Waals surface area contributed by atoms with E-state index in [2.05, 4.69) is 63.5 Å². The van der Waals surface area contributed by atoms with Gasteiger partial charge >= 0.3 is 0 Å². The van der Waals surface area contributed by atoms with Crippen LogP contribution in [0.2, 0.25) is 26.2 Å². The summed E-state index contributed by atoms with van der Waals surface area (Å²) in [7, 11) is 7.72. The number of hydrogen-bond donors (Lipinski definition) is 0. The Morgan fingerprint density at radius 1 is 0.583 bits per heavy atom. The van der Waals surface area contributed by atoms with Crippen molar-refractivity contribution in [3.63, 3.8) is 0 Å². The standard InChI is InChI=1S/2C4H13NSi/c2*1-5(2)6(3)4/h2*6H,1-4H3. The lowest BCUT2D eigenvalue weighted by Crippen LogP contribution is -2.25. The summed E-state index contributed by atoms with van der Waals surface area (Å²) in [6.45, 7) is 9.22. The van der Waals surface area contributed by atoms with Crippen LogP contribution in [0, 0.1) is 0 Å². The highest BCUT2D eigenvalue weighted by Gasteiger charge is 1.93. The minimum absolute atomic E-state index is 0.410. The Morgan fingerprint density at radius 3 is 0.667 bits per heavy atom. The van der Waals surface area contributed by atoms with Crippen molar-refractivity contribution >= 4 is 17.9 Å². The summed E-state index contributed by atoms with van der Waals surface area (Å²) in [5.74, 6) is 0. The maximum absolute atomic E-state index is 2.31. The largest absolute Gasteiger partial charge is 0.332 e. The molecule has 4 heteroatoms. The molecule has 0 aliphatic rings. The third-order valence-corrected chi connectivity index (χ3v) is 6.20. The zero-order valence-electron chi connectivity index (χ0n) is 10.0. The van der Waals surface area contributed by atoms with Crippen LogP contribution in [-0.2, 0) is 0 Å². The molecule has 0 fully saturated rings. The predicted molar refractivity (Wildman–Crippen MR) is 65.1 cm³/mol. The first-order valence-electron chi connectivity index (χ1n) is 4.61. The molecule has 0 aromatic heterocycles. The molecule has 0 unspecified atom stereocenters. The second-order valence-corrected chi connectivity index (χ2v) is 10.6. The molecule has 0 amide bonds. The molecule has 2 nitrogen and oxygen atoms in total. The maximum Gasteiger partial charge on any atom is 0.105 e. The van der Waals surface area contributed by atoms with E-state index in [9.17, 15) is 0 Å². The molecule has 0 aromatic carbocycles. The van der Waals surface area contributed by atoms with E-state index in [0.29, 0.717) is 0 Å². The number of hydrogen-bond acceptors (Lipinski definition) is 2. The van der Waals surface area contributed by atoms with E-state index in [-0.39, 0.29) is 0 Å². The van der Waals surface area contributed by atoms with E-state index in [4.69, 9.17) is 0 Å². The van der Waals surface area contributed by atoms with Crippen LogP contribution in [0.25, 0.3) is 0 Å². The summed E-state index contributed by atoms with van der Waals surface area (Å²) in [5, 5.41) is 0. The van der Waals surface area contributed by atoms with Crippen LogP contribution in [0.15, 0.2) is 0 Å². The van der Waals surface area contributed by atoms with Crippen LogP contribution in [0.3, 0.4) is 0 Å². The minimum atomic E-state index is -0.410. The molecule has 0 heterocycles. The second kappa shape index (κ2) is 7.98. The van der Waals surface area contributed by atoms with E-state index in [1.807, 2.05) is 0 Å². The van der Waals surface area contributed by atoms with Gasteiger partial charge in [-0.1, -0.05) is 26.2 Å². The van der Waals surface area contributed by atoms with Gasteiger partial charge in [0.1, 0.15) is 17.9 Å². The van der Waals surface area contributed by atoms with Gasteiger partial charge in [0.15, 0.2) is 0 Å². The smallest absolute Gasteiger partial charge is 0.105 e. The van der Waals surface area contributed by atoms with E-state index in [0.717, 1.165) is 0 Å². The van der Waals surface area contributed by atoms with E-state index in [1.54, 1.807) is 0 Å². The molecular formula is C8H26N2Si2. The first kappa shape index (κ1) is 14.9. The molecule has 0 aromatic rings. The molecule has 0 rings (SSSR count). The minimum Gasteiger partial charge on any atom is -0.332 e. The SMILES string of the molecule is CN(C)[SiH](C)C.CN(C)[SiH](C)C. The quantitative estimate of drug-likeness (QED) is 0.624. The van der Waals surface area contributed by atoms with Gasteiger partial charge in [-0.2, -0.15) is 0 Å². The molecule has 76 valence electrons. The lowest BCUT2D eigenvalue weighted by molar-refractivity contribution is 0.648. The molecule has 0 radical (unpaired) electrons. The van der Waals surface area contributed by atoms with E-state index < -0.39 is 17.9 Å². The highest BCUT2D eigenvalue weighted by atomic mass is 28.3. The van der Waals surface area contributed by atoms with Crippen molar-refractivity contribution in [3.8, 4) is 0 Å². The van der Waals surface area contributed by atoms with E-state index in [1.165, 1.54) is 0 Å². The van der Waals surface area contributed by atoms with E-state index >= 15 is 0 Å². The number of nitrogens with zero attached hydrogens (tertiary/aromatic N) is 2. The van der Waals surface area contributed by atoms with Gasteiger partial charge in [-0.25, -0.2) is 0 Å². The summed E-state index contributed by atoms with van der Waals surface area (Å²) < 4.78 is 4.61. The van der Waals surface area contributed by atoms with Crippen molar-refractivity contribution in [2.24, 2.45) is 0 Å².